The van der Waals surface area contributed by atoms with Crippen LogP contribution in [-0.4, -0.2) is 56.3 Å². The number of nitrogens with one attached hydrogen (secondary N) is 2. The third kappa shape index (κ3) is 6.15. The average molecular weight is 586 g/mol. The van der Waals surface area contributed by atoms with Gasteiger partial charge in [0.15, 0.2) is 0 Å². The summed E-state index contributed by atoms with van der Waals surface area (Å²) in [6.07, 6.45) is 2.91. The molecule has 0 saturated carbocycles. The first-order valence-corrected chi connectivity index (χ1v) is 14.5. The number of aryl methyl sites for hydroxylation is 1. The van der Waals surface area contributed by atoms with Gasteiger partial charge in [-0.05, 0) is 49.7 Å². The highest BCUT2D eigenvalue weighted by Gasteiger charge is 2.23. The van der Waals surface area contributed by atoms with Crippen molar-refractivity contribution in [3.8, 4) is 22.8 Å². The normalized spacial score (nSPS) is 14.2. The number of hydrogen-bond donors (Lipinski definition) is 2. The lowest BCUT2D eigenvalue weighted by molar-refractivity contribution is 0.0261. The summed E-state index contributed by atoms with van der Waals surface area (Å²) in [5.41, 5.74) is 2.51. The summed E-state index contributed by atoms with van der Waals surface area (Å²) in [6, 6.07) is 7.43. The first-order valence-electron chi connectivity index (χ1n) is 13.0. The molecule has 4 aromatic rings. The number of ether oxygens (including phenoxy) is 3. The van der Waals surface area contributed by atoms with Gasteiger partial charge in [0.25, 0.3) is 10.0 Å². The van der Waals surface area contributed by atoms with E-state index in [9.17, 15) is 17.2 Å². The number of hydrogen-bond acceptors (Lipinski definition) is 9. The van der Waals surface area contributed by atoms with E-state index in [0.717, 1.165) is 36.1 Å². The minimum Gasteiger partial charge on any atom is -0.488 e. The standard InChI is InChI=1S/C28H29F2N5O5S/c1-4-31-28-33-16(2)21-11-17(13-24(26(21)34-28)40-20-7-9-39-10-8-20)18-12-23(27(38-3)32-15-18)35-41(36,37)25-6-5-19(29)14-22(25)30/h5-6,11-15,20,35H,4,7-10H2,1-3H3,(H,31,33,34). The fraction of sp³-hybridized carbons (Fsp3) is 0.321. The molecule has 0 radical (unpaired) electrons. The lowest BCUT2D eigenvalue weighted by Crippen LogP contribution is -2.26. The summed E-state index contributed by atoms with van der Waals surface area (Å²) in [5, 5.41) is 3.89. The Kier molecular flexibility index (Phi) is 8.18. The fourth-order valence-electron chi connectivity index (χ4n) is 4.55. The Morgan fingerprint density at radius 2 is 1.85 bits per heavy atom. The summed E-state index contributed by atoms with van der Waals surface area (Å²) in [7, 11) is -3.12. The van der Waals surface area contributed by atoms with Gasteiger partial charge in [0.1, 0.15) is 39.6 Å². The summed E-state index contributed by atoms with van der Waals surface area (Å²) in [5.74, 6) is -1.13. The van der Waals surface area contributed by atoms with Crippen molar-refractivity contribution in [3.05, 3.63) is 59.9 Å². The molecule has 0 spiro atoms. The Morgan fingerprint density at radius 3 is 2.56 bits per heavy atom. The van der Waals surface area contributed by atoms with Gasteiger partial charge in [0.2, 0.25) is 11.8 Å². The Morgan fingerprint density at radius 1 is 1.07 bits per heavy atom. The van der Waals surface area contributed by atoms with Gasteiger partial charge in [-0.3, -0.25) is 4.72 Å². The topological polar surface area (TPSA) is 125 Å². The predicted molar refractivity (Wildman–Crippen MR) is 150 cm³/mol. The second-order valence-electron chi connectivity index (χ2n) is 9.42. The van der Waals surface area contributed by atoms with E-state index in [1.165, 1.54) is 19.4 Å². The lowest BCUT2D eigenvalue weighted by Gasteiger charge is -2.24. The molecule has 216 valence electrons. The Bertz CT molecular complexity index is 1700. The molecular formula is C28H29F2N5O5S. The predicted octanol–water partition coefficient (Wildman–Crippen LogP) is 5.08. The second-order valence-corrected chi connectivity index (χ2v) is 11.1. The van der Waals surface area contributed by atoms with Gasteiger partial charge < -0.3 is 19.5 Å². The Hall–Kier alpha value is -4.10. The highest BCUT2D eigenvalue weighted by atomic mass is 32.2. The smallest absolute Gasteiger partial charge is 0.264 e. The molecule has 0 amide bonds. The van der Waals surface area contributed by atoms with E-state index in [0.29, 0.717) is 54.2 Å². The van der Waals surface area contributed by atoms with Crippen LogP contribution in [0.1, 0.15) is 25.5 Å². The van der Waals surface area contributed by atoms with Gasteiger partial charge in [-0.1, -0.05) is 0 Å². The number of methoxy groups -OCH3 is 1. The third-order valence-corrected chi connectivity index (χ3v) is 7.96. The molecule has 41 heavy (non-hydrogen) atoms. The molecule has 5 rings (SSSR count). The van der Waals surface area contributed by atoms with E-state index in [-0.39, 0.29) is 17.7 Å². The van der Waals surface area contributed by atoms with Gasteiger partial charge in [-0.15, -0.1) is 0 Å². The molecule has 10 nitrogen and oxygen atoms in total. The maximum atomic E-state index is 14.3. The van der Waals surface area contributed by atoms with Crippen LogP contribution in [0.2, 0.25) is 0 Å². The number of pyridine rings is 1. The molecule has 1 aliphatic heterocycles. The SMILES string of the molecule is CCNc1nc(C)c2cc(-c3cnc(OC)c(NS(=O)(=O)c4ccc(F)cc4F)c3)cc(OC3CCOCC3)c2n1. The van der Waals surface area contributed by atoms with Gasteiger partial charge in [-0.25, -0.2) is 32.2 Å². The van der Waals surface area contributed by atoms with Gasteiger partial charge in [0.05, 0.1) is 26.0 Å². The van der Waals surface area contributed by atoms with E-state index >= 15 is 0 Å². The fourth-order valence-corrected chi connectivity index (χ4v) is 5.66. The van der Waals surface area contributed by atoms with Crippen LogP contribution in [0.3, 0.4) is 0 Å². The van der Waals surface area contributed by atoms with Crippen LogP contribution in [-0.2, 0) is 14.8 Å². The zero-order valence-corrected chi connectivity index (χ0v) is 23.5. The molecule has 1 saturated heterocycles. The van der Waals surface area contributed by atoms with Crippen molar-refractivity contribution in [3.63, 3.8) is 0 Å². The van der Waals surface area contributed by atoms with Crippen LogP contribution in [0.25, 0.3) is 22.0 Å². The van der Waals surface area contributed by atoms with Crippen LogP contribution in [0, 0.1) is 18.6 Å². The molecule has 2 N–H and O–H groups in total. The van der Waals surface area contributed by atoms with Crippen molar-refractivity contribution < 1.29 is 31.4 Å². The molecule has 0 aliphatic carbocycles. The number of sulfonamides is 1. The lowest BCUT2D eigenvalue weighted by atomic mass is 10.0. The quantitative estimate of drug-likeness (QED) is 0.277. The van der Waals surface area contributed by atoms with E-state index in [1.807, 2.05) is 26.0 Å². The number of fused-ring (bicyclic) bond motifs is 1. The largest absolute Gasteiger partial charge is 0.488 e. The number of nitrogens with zero attached hydrogens (tertiary/aromatic N) is 3. The molecule has 2 aromatic heterocycles. The van der Waals surface area contributed by atoms with Crippen LogP contribution >= 0.6 is 0 Å². The highest BCUT2D eigenvalue weighted by Crippen LogP contribution is 2.37. The summed E-state index contributed by atoms with van der Waals surface area (Å²) >= 11 is 0. The second kappa shape index (κ2) is 11.8. The third-order valence-electron chi connectivity index (χ3n) is 6.56. The maximum absolute atomic E-state index is 14.3. The van der Waals surface area contributed by atoms with E-state index in [1.54, 1.807) is 0 Å². The molecule has 0 atom stereocenters. The van der Waals surface area contributed by atoms with E-state index in [4.69, 9.17) is 19.2 Å². The Labute approximate surface area is 236 Å². The van der Waals surface area contributed by atoms with Crippen LogP contribution in [0.15, 0.2) is 47.5 Å². The van der Waals surface area contributed by atoms with Crippen molar-refractivity contribution in [1.29, 1.82) is 0 Å². The molecule has 1 fully saturated rings. The van der Waals surface area contributed by atoms with E-state index < -0.39 is 26.6 Å². The minimum atomic E-state index is -4.45. The van der Waals surface area contributed by atoms with Gasteiger partial charge >= 0.3 is 0 Å². The zero-order valence-electron chi connectivity index (χ0n) is 22.7. The highest BCUT2D eigenvalue weighted by molar-refractivity contribution is 7.92. The van der Waals surface area contributed by atoms with Crippen molar-refractivity contribution in [2.45, 2.75) is 37.7 Å². The molecule has 0 bridgehead atoms. The van der Waals surface area contributed by atoms with Crippen molar-refractivity contribution in [1.82, 2.24) is 15.0 Å². The molecule has 13 heteroatoms. The average Bonchev–Trinajstić information content (AvgIpc) is 2.93. The van der Waals surface area contributed by atoms with Crippen LogP contribution < -0.4 is 19.5 Å². The van der Waals surface area contributed by atoms with Crippen LogP contribution in [0.4, 0.5) is 20.4 Å². The van der Waals surface area contributed by atoms with Crippen molar-refractivity contribution in [2.24, 2.45) is 0 Å². The number of benzene rings is 2. The summed E-state index contributed by atoms with van der Waals surface area (Å²) in [6.45, 7) is 5.67. The summed E-state index contributed by atoms with van der Waals surface area (Å²) < 4.78 is 73.2. The number of anilines is 2. The molecular weight excluding hydrogens is 556 g/mol. The van der Waals surface area contributed by atoms with Gasteiger partial charge in [0, 0.05) is 42.6 Å². The summed E-state index contributed by atoms with van der Waals surface area (Å²) in [4.78, 5) is 12.8. The number of rotatable bonds is 9. The van der Waals surface area contributed by atoms with Crippen molar-refractivity contribution in [2.75, 3.05) is 36.9 Å². The molecule has 0 unspecified atom stereocenters. The van der Waals surface area contributed by atoms with E-state index in [2.05, 4.69) is 20.0 Å². The molecule has 2 aromatic carbocycles. The maximum Gasteiger partial charge on any atom is 0.264 e. The van der Waals surface area contributed by atoms with Crippen LogP contribution in [0.5, 0.6) is 11.6 Å². The van der Waals surface area contributed by atoms with Gasteiger partial charge in [-0.2, -0.15) is 0 Å². The monoisotopic (exact) mass is 585 g/mol. The molecule has 3 heterocycles. The Balaban J connectivity index is 1.59. The molecule has 1 aliphatic rings. The first-order chi connectivity index (χ1) is 19.7. The number of halogens is 2. The minimum absolute atomic E-state index is 0.0313. The number of aromatic nitrogens is 3. The van der Waals surface area contributed by atoms with Crippen molar-refractivity contribution >= 4 is 32.6 Å². The zero-order chi connectivity index (χ0) is 29.1. The first kappa shape index (κ1) is 28.4.